The van der Waals surface area contributed by atoms with Crippen molar-refractivity contribution in [3.8, 4) is 5.69 Å². The lowest BCUT2D eigenvalue weighted by atomic mass is 10.1. The van der Waals surface area contributed by atoms with Gasteiger partial charge in [0.05, 0.1) is 23.6 Å². The first-order valence-corrected chi connectivity index (χ1v) is 12.9. The number of nitrogens with one attached hydrogen (secondary N) is 1. The van der Waals surface area contributed by atoms with E-state index in [1.54, 1.807) is 27.8 Å². The van der Waals surface area contributed by atoms with Crippen LogP contribution in [-0.2, 0) is 13.6 Å². The molecule has 5 rings (SSSR count). The predicted molar refractivity (Wildman–Crippen MR) is 142 cm³/mol. The van der Waals surface area contributed by atoms with E-state index in [0.717, 1.165) is 29.2 Å². The Balaban J connectivity index is 1.41. The first-order valence-electron chi connectivity index (χ1n) is 11.0. The van der Waals surface area contributed by atoms with Crippen LogP contribution in [0.4, 0.5) is 5.69 Å². The molecule has 0 aliphatic carbocycles. The van der Waals surface area contributed by atoms with Crippen molar-refractivity contribution in [1.82, 2.24) is 19.4 Å². The summed E-state index contributed by atoms with van der Waals surface area (Å²) in [4.78, 5) is 19.1. The molecule has 0 atom stereocenters. The molecule has 1 aliphatic rings. The second kappa shape index (κ2) is 9.15. The van der Waals surface area contributed by atoms with Gasteiger partial charge in [-0.3, -0.25) is 14.9 Å². The Labute approximate surface area is 206 Å². The summed E-state index contributed by atoms with van der Waals surface area (Å²) in [5.74, 6) is 0.688. The third-order valence-electron chi connectivity index (χ3n) is 6.15. The molecule has 0 saturated heterocycles. The lowest BCUT2D eigenvalue weighted by Crippen LogP contribution is -2.26. The summed E-state index contributed by atoms with van der Waals surface area (Å²) in [6.07, 6.45) is 0. The SMILES string of the molecule is Cc1cc(C2=NNC(=Nc3c(C)n(C)n(-c4ccccc4)c3=O)SC2)c(C)n1Cc1cccs1. The highest BCUT2D eigenvalue weighted by Gasteiger charge is 2.21. The van der Waals surface area contributed by atoms with E-state index in [4.69, 9.17) is 0 Å². The maximum Gasteiger partial charge on any atom is 0.297 e. The smallest absolute Gasteiger partial charge is 0.297 e. The molecule has 0 unspecified atom stereocenters. The molecular weight excluding hydrogens is 464 g/mol. The van der Waals surface area contributed by atoms with E-state index >= 15 is 0 Å². The minimum Gasteiger partial charge on any atom is -0.343 e. The number of aromatic nitrogens is 3. The average molecular weight is 491 g/mol. The normalized spacial score (nSPS) is 14.9. The molecule has 7 nitrogen and oxygen atoms in total. The summed E-state index contributed by atoms with van der Waals surface area (Å²) in [6.45, 7) is 7.06. The van der Waals surface area contributed by atoms with Crippen molar-refractivity contribution < 1.29 is 0 Å². The molecule has 0 fully saturated rings. The molecule has 0 spiro atoms. The Hall–Kier alpha value is -3.30. The van der Waals surface area contributed by atoms with E-state index in [1.807, 2.05) is 49.0 Å². The molecule has 4 aromatic rings. The van der Waals surface area contributed by atoms with Crippen LogP contribution in [0.25, 0.3) is 5.69 Å². The van der Waals surface area contributed by atoms with Gasteiger partial charge in [0.2, 0.25) is 0 Å². The average Bonchev–Trinajstić information content (AvgIpc) is 3.52. The maximum absolute atomic E-state index is 13.1. The van der Waals surface area contributed by atoms with E-state index in [-0.39, 0.29) is 5.56 Å². The molecule has 34 heavy (non-hydrogen) atoms. The molecule has 0 amide bonds. The Kier molecular flexibility index (Phi) is 6.05. The summed E-state index contributed by atoms with van der Waals surface area (Å²) in [6, 6.07) is 16.1. The fraction of sp³-hybridized carbons (Fsp3) is 0.240. The molecule has 1 aliphatic heterocycles. The third-order valence-corrected chi connectivity index (χ3v) is 7.88. The monoisotopic (exact) mass is 490 g/mol. The van der Waals surface area contributed by atoms with Crippen LogP contribution in [-0.4, -0.2) is 30.6 Å². The molecule has 9 heteroatoms. The summed E-state index contributed by atoms with van der Waals surface area (Å²) >= 11 is 3.33. The van der Waals surface area contributed by atoms with Gasteiger partial charge in [-0.2, -0.15) is 5.10 Å². The van der Waals surface area contributed by atoms with Crippen LogP contribution in [0.1, 0.15) is 27.5 Å². The predicted octanol–water partition coefficient (Wildman–Crippen LogP) is 4.74. The number of rotatable bonds is 5. The Morgan fingerprint density at radius 3 is 2.56 bits per heavy atom. The first-order chi connectivity index (χ1) is 16.4. The van der Waals surface area contributed by atoms with Crippen LogP contribution in [0.3, 0.4) is 0 Å². The number of para-hydroxylation sites is 1. The number of thiophene rings is 1. The van der Waals surface area contributed by atoms with Crippen molar-refractivity contribution in [1.29, 1.82) is 0 Å². The highest BCUT2D eigenvalue weighted by Crippen LogP contribution is 2.24. The van der Waals surface area contributed by atoms with E-state index < -0.39 is 0 Å². The van der Waals surface area contributed by atoms with Crippen LogP contribution in [0.5, 0.6) is 0 Å². The third kappa shape index (κ3) is 4.05. The largest absolute Gasteiger partial charge is 0.343 e. The van der Waals surface area contributed by atoms with Gasteiger partial charge >= 0.3 is 0 Å². The van der Waals surface area contributed by atoms with E-state index in [9.17, 15) is 4.79 Å². The maximum atomic E-state index is 13.1. The molecule has 0 bridgehead atoms. The highest BCUT2D eigenvalue weighted by atomic mass is 32.2. The van der Waals surface area contributed by atoms with Crippen molar-refractivity contribution in [2.45, 2.75) is 27.3 Å². The number of benzene rings is 1. The molecule has 1 N–H and O–H groups in total. The summed E-state index contributed by atoms with van der Waals surface area (Å²) in [5, 5.41) is 7.36. The second-order valence-corrected chi connectivity index (χ2v) is 10.2. The molecule has 0 radical (unpaired) electrons. The molecule has 1 aromatic carbocycles. The van der Waals surface area contributed by atoms with Crippen molar-refractivity contribution in [2.24, 2.45) is 17.1 Å². The summed E-state index contributed by atoms with van der Waals surface area (Å²) < 4.78 is 5.80. The fourth-order valence-electron chi connectivity index (χ4n) is 4.19. The number of amidine groups is 1. The standard InChI is InChI=1S/C25H26N6OS2/c1-16-13-21(17(2)30(16)14-20-11-8-12-33-20)22-15-34-25(28-27-22)26-23-18(3)29(4)31(24(23)32)19-9-6-5-7-10-19/h5-13H,14-15H2,1-4H3,(H,26,28). The number of aliphatic imine (C=N–C) groups is 1. The molecule has 0 saturated carbocycles. The van der Waals surface area contributed by atoms with Crippen LogP contribution in [0, 0.1) is 20.8 Å². The van der Waals surface area contributed by atoms with Gasteiger partial charge in [-0.05, 0) is 50.4 Å². The van der Waals surface area contributed by atoms with Crippen molar-refractivity contribution in [2.75, 3.05) is 5.75 Å². The van der Waals surface area contributed by atoms with Crippen LogP contribution in [0.2, 0.25) is 0 Å². The van der Waals surface area contributed by atoms with Crippen molar-refractivity contribution >= 4 is 39.7 Å². The molecule has 4 heterocycles. The highest BCUT2D eigenvalue weighted by molar-refractivity contribution is 8.14. The van der Waals surface area contributed by atoms with E-state index in [2.05, 4.69) is 57.5 Å². The van der Waals surface area contributed by atoms with Gasteiger partial charge in [0.1, 0.15) is 0 Å². The number of thioether (sulfide) groups is 1. The topological polar surface area (TPSA) is 68.6 Å². The van der Waals surface area contributed by atoms with Gasteiger partial charge in [-0.1, -0.05) is 36.0 Å². The fourth-order valence-corrected chi connectivity index (χ4v) is 5.64. The summed E-state index contributed by atoms with van der Waals surface area (Å²) in [7, 11) is 1.87. The van der Waals surface area contributed by atoms with Gasteiger partial charge in [0, 0.05) is 34.6 Å². The Morgan fingerprint density at radius 2 is 1.88 bits per heavy atom. The van der Waals surface area contributed by atoms with Gasteiger partial charge < -0.3 is 4.57 Å². The van der Waals surface area contributed by atoms with Gasteiger partial charge in [0.15, 0.2) is 10.9 Å². The number of hydrogen-bond acceptors (Lipinski definition) is 5. The number of aryl methyl sites for hydroxylation is 1. The van der Waals surface area contributed by atoms with Gasteiger partial charge in [-0.25, -0.2) is 9.67 Å². The first kappa shape index (κ1) is 22.5. The number of hydrogen-bond donors (Lipinski definition) is 1. The van der Waals surface area contributed by atoms with Crippen LogP contribution in [0.15, 0.2) is 68.8 Å². The van der Waals surface area contributed by atoms with Crippen LogP contribution < -0.4 is 11.0 Å². The van der Waals surface area contributed by atoms with Gasteiger partial charge in [0.25, 0.3) is 5.56 Å². The van der Waals surface area contributed by atoms with Crippen molar-refractivity contribution in [3.63, 3.8) is 0 Å². The molecule has 3 aromatic heterocycles. The second-order valence-electron chi connectivity index (χ2n) is 8.24. The zero-order valence-corrected chi connectivity index (χ0v) is 21.2. The van der Waals surface area contributed by atoms with Gasteiger partial charge in [-0.15, -0.1) is 11.3 Å². The number of hydrazone groups is 1. The minimum absolute atomic E-state index is 0.145. The zero-order chi connectivity index (χ0) is 23.8. The Bertz CT molecular complexity index is 1460. The zero-order valence-electron chi connectivity index (χ0n) is 19.6. The minimum atomic E-state index is -0.145. The van der Waals surface area contributed by atoms with E-state index in [1.165, 1.54) is 16.3 Å². The Morgan fingerprint density at radius 1 is 1.09 bits per heavy atom. The quantitative estimate of drug-likeness (QED) is 0.439. The molecular formula is C25H26N6OS2. The summed E-state index contributed by atoms with van der Waals surface area (Å²) in [5.41, 5.74) is 9.53. The van der Waals surface area contributed by atoms with E-state index in [0.29, 0.717) is 16.6 Å². The van der Waals surface area contributed by atoms with Crippen molar-refractivity contribution in [3.05, 3.63) is 91.8 Å². The lowest BCUT2D eigenvalue weighted by molar-refractivity contribution is 0.630. The lowest BCUT2D eigenvalue weighted by Gasteiger charge is -2.15. The number of nitrogens with zero attached hydrogens (tertiary/aromatic N) is 5. The van der Waals surface area contributed by atoms with Crippen LogP contribution >= 0.6 is 23.1 Å². The molecule has 174 valence electrons.